The van der Waals surface area contributed by atoms with Crippen molar-refractivity contribution in [1.82, 2.24) is 15.5 Å². The first-order valence-corrected chi connectivity index (χ1v) is 10.1. The minimum atomic E-state index is -0.0859. The number of rotatable bonds is 10. The van der Waals surface area contributed by atoms with Crippen molar-refractivity contribution in [2.45, 2.75) is 20.0 Å². The van der Waals surface area contributed by atoms with Gasteiger partial charge in [-0.25, -0.2) is 4.99 Å². The van der Waals surface area contributed by atoms with E-state index in [1.165, 1.54) is 4.90 Å². The third-order valence-electron chi connectivity index (χ3n) is 4.43. The van der Waals surface area contributed by atoms with Gasteiger partial charge in [0.2, 0.25) is 0 Å². The predicted molar refractivity (Wildman–Crippen MR) is 122 cm³/mol. The summed E-state index contributed by atoms with van der Waals surface area (Å²) in [6, 6.07) is 13.4. The van der Waals surface area contributed by atoms with Crippen molar-refractivity contribution in [2.24, 2.45) is 4.99 Å². The molecule has 0 fully saturated rings. The zero-order chi connectivity index (χ0) is 22.6. The predicted octanol–water partition coefficient (Wildman–Crippen LogP) is 2.43. The second kappa shape index (κ2) is 12.3. The first kappa shape index (κ1) is 23.9. The van der Waals surface area contributed by atoms with Crippen LogP contribution in [0.3, 0.4) is 0 Å². The molecule has 0 radical (unpaired) electrons. The molecule has 168 valence electrons. The fourth-order valence-electron chi connectivity index (χ4n) is 2.70. The molecule has 0 aliphatic rings. The monoisotopic (exact) mass is 428 g/mol. The van der Waals surface area contributed by atoms with E-state index in [1.54, 1.807) is 28.3 Å². The van der Waals surface area contributed by atoms with E-state index in [-0.39, 0.29) is 12.5 Å². The second-order valence-corrected chi connectivity index (χ2v) is 6.96. The van der Waals surface area contributed by atoms with Crippen LogP contribution < -0.4 is 24.8 Å². The number of nitrogens with zero attached hydrogens (tertiary/aromatic N) is 2. The molecule has 0 atom stereocenters. The van der Waals surface area contributed by atoms with Crippen LogP contribution >= 0.6 is 0 Å². The Morgan fingerprint density at radius 2 is 1.77 bits per heavy atom. The van der Waals surface area contributed by atoms with Gasteiger partial charge in [-0.2, -0.15) is 0 Å². The van der Waals surface area contributed by atoms with Gasteiger partial charge in [-0.1, -0.05) is 18.2 Å². The number of amides is 1. The number of aliphatic imine (C=N–C) groups is 1. The molecule has 31 heavy (non-hydrogen) atoms. The third-order valence-corrected chi connectivity index (χ3v) is 4.43. The summed E-state index contributed by atoms with van der Waals surface area (Å²) >= 11 is 0. The van der Waals surface area contributed by atoms with Crippen molar-refractivity contribution in [3.8, 4) is 17.2 Å². The van der Waals surface area contributed by atoms with Gasteiger partial charge in [-0.15, -0.1) is 0 Å². The maximum Gasteiger partial charge on any atom is 0.259 e. The fourth-order valence-corrected chi connectivity index (χ4v) is 2.70. The number of nitrogens with one attached hydrogen (secondary N) is 2. The SMILES string of the molecule is CCNC(=NCc1cccc(OCC(=O)N(C)C)c1)NCc1ccc(OC)c(OC)c1. The number of ether oxygens (including phenoxy) is 3. The Morgan fingerprint density at radius 1 is 1.00 bits per heavy atom. The highest BCUT2D eigenvalue weighted by atomic mass is 16.5. The molecular formula is C23H32N4O4. The van der Waals surface area contributed by atoms with Crippen molar-refractivity contribution in [3.05, 3.63) is 53.6 Å². The van der Waals surface area contributed by atoms with E-state index < -0.39 is 0 Å². The Hall–Kier alpha value is -3.42. The average Bonchev–Trinajstić information content (AvgIpc) is 2.79. The average molecular weight is 429 g/mol. The molecule has 0 bridgehead atoms. The van der Waals surface area contributed by atoms with Crippen molar-refractivity contribution >= 4 is 11.9 Å². The summed E-state index contributed by atoms with van der Waals surface area (Å²) in [6.07, 6.45) is 0. The van der Waals surface area contributed by atoms with E-state index >= 15 is 0 Å². The number of benzene rings is 2. The lowest BCUT2D eigenvalue weighted by Gasteiger charge is -2.14. The minimum absolute atomic E-state index is 0.00917. The van der Waals surface area contributed by atoms with Gasteiger partial charge in [0.15, 0.2) is 24.1 Å². The van der Waals surface area contributed by atoms with Gasteiger partial charge in [-0.05, 0) is 42.3 Å². The third kappa shape index (κ3) is 7.73. The summed E-state index contributed by atoms with van der Waals surface area (Å²) in [6.45, 7) is 3.83. The Bertz CT molecular complexity index is 884. The molecule has 0 heterocycles. The maximum atomic E-state index is 11.7. The Morgan fingerprint density at radius 3 is 2.45 bits per heavy atom. The smallest absolute Gasteiger partial charge is 0.259 e. The molecule has 2 aromatic carbocycles. The van der Waals surface area contributed by atoms with Crippen LogP contribution in [0.4, 0.5) is 0 Å². The van der Waals surface area contributed by atoms with E-state index in [2.05, 4.69) is 15.6 Å². The summed E-state index contributed by atoms with van der Waals surface area (Å²) in [5.41, 5.74) is 2.03. The minimum Gasteiger partial charge on any atom is -0.493 e. The lowest BCUT2D eigenvalue weighted by molar-refractivity contribution is -0.130. The molecule has 0 spiro atoms. The molecule has 0 saturated heterocycles. The van der Waals surface area contributed by atoms with E-state index in [4.69, 9.17) is 14.2 Å². The summed E-state index contributed by atoms with van der Waals surface area (Å²) in [5, 5.41) is 6.57. The van der Waals surface area contributed by atoms with Crippen molar-refractivity contribution in [1.29, 1.82) is 0 Å². The number of hydrogen-bond donors (Lipinski definition) is 2. The molecule has 0 saturated carbocycles. The molecule has 2 N–H and O–H groups in total. The van der Waals surface area contributed by atoms with E-state index in [9.17, 15) is 4.79 Å². The number of carbonyl (C=O) groups is 1. The topological polar surface area (TPSA) is 84.4 Å². The van der Waals surface area contributed by atoms with Crippen LogP contribution in [0.5, 0.6) is 17.2 Å². The van der Waals surface area contributed by atoms with Crippen LogP contribution in [0.15, 0.2) is 47.5 Å². The van der Waals surface area contributed by atoms with Crippen molar-refractivity contribution in [3.63, 3.8) is 0 Å². The number of hydrogen-bond acceptors (Lipinski definition) is 5. The van der Waals surface area contributed by atoms with Crippen LogP contribution in [0, 0.1) is 0 Å². The lowest BCUT2D eigenvalue weighted by atomic mass is 10.2. The highest BCUT2D eigenvalue weighted by molar-refractivity contribution is 5.79. The normalized spacial score (nSPS) is 10.9. The zero-order valence-electron chi connectivity index (χ0n) is 18.9. The first-order valence-electron chi connectivity index (χ1n) is 10.1. The van der Waals surface area contributed by atoms with E-state index in [0.29, 0.717) is 36.3 Å². The van der Waals surface area contributed by atoms with Crippen LogP contribution in [0.25, 0.3) is 0 Å². The highest BCUT2D eigenvalue weighted by Crippen LogP contribution is 2.27. The molecule has 0 aliphatic heterocycles. The number of carbonyl (C=O) groups excluding carboxylic acids is 1. The van der Waals surface area contributed by atoms with Crippen LogP contribution in [0.2, 0.25) is 0 Å². The second-order valence-electron chi connectivity index (χ2n) is 6.96. The Kier molecular flexibility index (Phi) is 9.48. The Balaban J connectivity index is 1.99. The van der Waals surface area contributed by atoms with Gasteiger partial charge >= 0.3 is 0 Å². The van der Waals surface area contributed by atoms with Gasteiger partial charge in [0.25, 0.3) is 5.91 Å². The number of methoxy groups -OCH3 is 2. The van der Waals surface area contributed by atoms with Crippen molar-refractivity contribution in [2.75, 3.05) is 41.5 Å². The van der Waals surface area contributed by atoms with Gasteiger partial charge in [0.05, 0.1) is 20.8 Å². The standard InChI is InChI=1S/C23H32N4O4/c1-6-24-23(26-15-18-10-11-20(29-4)21(13-18)30-5)25-14-17-8-7-9-19(12-17)31-16-22(28)27(2)3/h7-13H,6,14-16H2,1-5H3,(H2,24,25,26). The molecule has 2 rings (SSSR count). The molecular weight excluding hydrogens is 396 g/mol. The maximum absolute atomic E-state index is 11.7. The van der Waals surface area contributed by atoms with Gasteiger partial charge in [0, 0.05) is 27.2 Å². The largest absolute Gasteiger partial charge is 0.493 e. The molecule has 0 unspecified atom stereocenters. The van der Waals surface area contributed by atoms with Gasteiger partial charge in [-0.3, -0.25) is 4.79 Å². The Labute approximate surface area is 184 Å². The highest BCUT2D eigenvalue weighted by Gasteiger charge is 2.07. The molecule has 8 nitrogen and oxygen atoms in total. The molecule has 0 aromatic heterocycles. The summed E-state index contributed by atoms with van der Waals surface area (Å²) < 4.78 is 16.2. The quantitative estimate of drug-likeness (QED) is 0.447. The van der Waals surface area contributed by atoms with Crippen LogP contribution in [-0.4, -0.2) is 58.2 Å². The van der Waals surface area contributed by atoms with E-state index in [1.807, 2.05) is 49.4 Å². The van der Waals surface area contributed by atoms with Crippen LogP contribution in [-0.2, 0) is 17.9 Å². The van der Waals surface area contributed by atoms with E-state index in [0.717, 1.165) is 17.7 Å². The summed E-state index contributed by atoms with van der Waals surface area (Å²) in [7, 11) is 6.64. The molecule has 0 aliphatic carbocycles. The first-order chi connectivity index (χ1) is 15.0. The lowest BCUT2D eigenvalue weighted by Crippen LogP contribution is -2.36. The van der Waals surface area contributed by atoms with Crippen LogP contribution in [0.1, 0.15) is 18.1 Å². The molecule has 2 aromatic rings. The van der Waals surface area contributed by atoms with Gasteiger partial charge in [0.1, 0.15) is 5.75 Å². The summed E-state index contributed by atoms with van der Waals surface area (Å²) in [4.78, 5) is 17.8. The number of likely N-dealkylation sites (N-methyl/N-ethyl adjacent to an activating group) is 1. The fraction of sp³-hybridized carbons (Fsp3) is 0.391. The van der Waals surface area contributed by atoms with Crippen molar-refractivity contribution < 1.29 is 19.0 Å². The molecule has 1 amide bonds. The zero-order valence-corrected chi connectivity index (χ0v) is 18.9. The number of guanidine groups is 1. The molecule has 8 heteroatoms. The van der Waals surface area contributed by atoms with Gasteiger partial charge < -0.3 is 29.7 Å². The summed E-state index contributed by atoms with van der Waals surface area (Å²) in [5.74, 6) is 2.64.